The van der Waals surface area contributed by atoms with E-state index in [9.17, 15) is 4.79 Å². The van der Waals surface area contributed by atoms with Gasteiger partial charge in [0.15, 0.2) is 0 Å². The summed E-state index contributed by atoms with van der Waals surface area (Å²) in [5, 5.41) is 8.76. The molecule has 0 aromatic rings. The molecular formula is C7H10O3. The maximum atomic E-state index is 10.6. The highest BCUT2D eigenvalue weighted by Gasteiger charge is 2.61. The van der Waals surface area contributed by atoms with Crippen LogP contribution in [0.1, 0.15) is 12.8 Å². The number of fused-ring (bicyclic) bond motifs is 1. The van der Waals surface area contributed by atoms with Gasteiger partial charge in [-0.25, -0.2) is 0 Å². The van der Waals surface area contributed by atoms with Crippen LogP contribution in [0.15, 0.2) is 0 Å². The van der Waals surface area contributed by atoms with Crippen LogP contribution in [0.5, 0.6) is 0 Å². The summed E-state index contributed by atoms with van der Waals surface area (Å²) < 4.78 is 5.11. The lowest BCUT2D eigenvalue weighted by atomic mass is 10.0. The van der Waals surface area contributed by atoms with Gasteiger partial charge in [-0.2, -0.15) is 0 Å². The molecule has 1 N–H and O–H groups in total. The molecule has 2 aliphatic rings. The molecule has 10 heavy (non-hydrogen) atoms. The van der Waals surface area contributed by atoms with Crippen LogP contribution in [0.3, 0.4) is 0 Å². The van der Waals surface area contributed by atoms with E-state index in [0.717, 1.165) is 19.4 Å². The van der Waals surface area contributed by atoms with Gasteiger partial charge in [-0.05, 0) is 18.8 Å². The molecule has 1 saturated carbocycles. The zero-order valence-corrected chi connectivity index (χ0v) is 5.67. The zero-order valence-electron chi connectivity index (χ0n) is 5.67. The first-order valence-corrected chi connectivity index (χ1v) is 3.57. The Morgan fingerprint density at radius 2 is 2.50 bits per heavy atom. The SMILES string of the molecule is O=C(O)C12COCCC1C2. The van der Waals surface area contributed by atoms with E-state index in [1.165, 1.54) is 0 Å². The third-order valence-electron chi connectivity index (χ3n) is 2.63. The summed E-state index contributed by atoms with van der Waals surface area (Å²) in [4.78, 5) is 10.6. The number of hydrogen-bond donors (Lipinski definition) is 1. The van der Waals surface area contributed by atoms with Gasteiger partial charge in [0.1, 0.15) is 0 Å². The molecule has 0 spiro atoms. The van der Waals surface area contributed by atoms with Crippen LogP contribution in [0.25, 0.3) is 0 Å². The summed E-state index contributed by atoms with van der Waals surface area (Å²) in [7, 11) is 0. The minimum Gasteiger partial charge on any atom is -0.481 e. The first-order valence-electron chi connectivity index (χ1n) is 3.57. The first-order chi connectivity index (χ1) is 4.76. The summed E-state index contributed by atoms with van der Waals surface area (Å²) in [6.45, 7) is 1.19. The van der Waals surface area contributed by atoms with Crippen LogP contribution in [0.2, 0.25) is 0 Å². The second-order valence-electron chi connectivity index (χ2n) is 3.20. The Hall–Kier alpha value is -0.570. The molecule has 3 nitrogen and oxygen atoms in total. The van der Waals surface area contributed by atoms with Gasteiger partial charge >= 0.3 is 5.97 Å². The molecule has 1 aliphatic carbocycles. The third kappa shape index (κ3) is 0.611. The van der Waals surface area contributed by atoms with E-state index in [2.05, 4.69) is 0 Å². The van der Waals surface area contributed by atoms with E-state index >= 15 is 0 Å². The molecule has 0 amide bonds. The fourth-order valence-electron chi connectivity index (χ4n) is 1.74. The van der Waals surface area contributed by atoms with E-state index in [4.69, 9.17) is 9.84 Å². The van der Waals surface area contributed by atoms with E-state index in [-0.39, 0.29) is 0 Å². The number of rotatable bonds is 1. The standard InChI is InChI=1S/C7H10O3/c8-6(9)7-3-5(7)1-2-10-4-7/h5H,1-4H2,(H,8,9). The van der Waals surface area contributed by atoms with Crippen molar-refractivity contribution in [3.63, 3.8) is 0 Å². The van der Waals surface area contributed by atoms with Crippen molar-refractivity contribution >= 4 is 5.97 Å². The Morgan fingerprint density at radius 3 is 3.00 bits per heavy atom. The van der Waals surface area contributed by atoms with Crippen molar-refractivity contribution in [2.45, 2.75) is 12.8 Å². The molecule has 3 heteroatoms. The van der Waals surface area contributed by atoms with Gasteiger partial charge < -0.3 is 9.84 Å². The zero-order chi connectivity index (χ0) is 7.19. The Bertz CT molecular complexity index is 178. The van der Waals surface area contributed by atoms with E-state index in [1.807, 2.05) is 0 Å². The number of carboxylic acids is 1. The molecule has 2 rings (SSSR count). The van der Waals surface area contributed by atoms with Crippen LogP contribution >= 0.6 is 0 Å². The normalized spacial score (nSPS) is 44.2. The van der Waals surface area contributed by atoms with E-state index in [1.54, 1.807) is 0 Å². The fourth-order valence-corrected chi connectivity index (χ4v) is 1.74. The van der Waals surface area contributed by atoms with Gasteiger partial charge in [-0.3, -0.25) is 4.79 Å². The lowest BCUT2D eigenvalue weighted by molar-refractivity contribution is -0.148. The third-order valence-corrected chi connectivity index (χ3v) is 2.63. The lowest BCUT2D eigenvalue weighted by Gasteiger charge is -2.17. The average Bonchev–Trinajstić information content (AvgIpc) is 2.61. The topological polar surface area (TPSA) is 46.5 Å². The number of ether oxygens (including phenoxy) is 1. The second kappa shape index (κ2) is 1.72. The molecule has 1 saturated heterocycles. The number of carboxylic acid groups (broad SMARTS) is 1. The van der Waals surface area contributed by atoms with Gasteiger partial charge in [0.05, 0.1) is 12.0 Å². The van der Waals surface area contributed by atoms with Crippen LogP contribution in [-0.4, -0.2) is 24.3 Å². The molecule has 1 aliphatic heterocycles. The summed E-state index contributed by atoms with van der Waals surface area (Å²) in [5.74, 6) is -0.254. The minimum atomic E-state index is -0.669. The van der Waals surface area contributed by atoms with Crippen molar-refractivity contribution in [3.8, 4) is 0 Å². The monoisotopic (exact) mass is 142 g/mol. The summed E-state index contributed by atoms with van der Waals surface area (Å²) in [6, 6.07) is 0. The summed E-state index contributed by atoms with van der Waals surface area (Å²) in [5.41, 5.74) is -0.460. The average molecular weight is 142 g/mol. The quantitative estimate of drug-likeness (QED) is 0.579. The highest BCUT2D eigenvalue weighted by atomic mass is 16.5. The van der Waals surface area contributed by atoms with Crippen LogP contribution in [-0.2, 0) is 9.53 Å². The predicted octanol–water partition coefficient (Wildman–Crippen LogP) is 0.498. The molecule has 1 heterocycles. The van der Waals surface area contributed by atoms with Gasteiger partial charge in [-0.1, -0.05) is 0 Å². The van der Waals surface area contributed by atoms with Gasteiger partial charge in [0, 0.05) is 6.61 Å². The Morgan fingerprint density at radius 1 is 1.70 bits per heavy atom. The van der Waals surface area contributed by atoms with Gasteiger partial charge in [-0.15, -0.1) is 0 Å². The van der Waals surface area contributed by atoms with Crippen molar-refractivity contribution in [1.29, 1.82) is 0 Å². The van der Waals surface area contributed by atoms with E-state index < -0.39 is 11.4 Å². The van der Waals surface area contributed by atoms with E-state index in [0.29, 0.717) is 12.5 Å². The lowest BCUT2D eigenvalue weighted by Crippen LogP contribution is -2.27. The van der Waals surface area contributed by atoms with Crippen molar-refractivity contribution in [2.75, 3.05) is 13.2 Å². The second-order valence-corrected chi connectivity index (χ2v) is 3.20. The van der Waals surface area contributed by atoms with Crippen molar-refractivity contribution in [1.82, 2.24) is 0 Å². The molecule has 0 bridgehead atoms. The largest absolute Gasteiger partial charge is 0.481 e. The molecule has 0 aromatic heterocycles. The highest BCUT2D eigenvalue weighted by Crippen LogP contribution is 2.56. The van der Waals surface area contributed by atoms with Gasteiger partial charge in [0.2, 0.25) is 0 Å². The number of carbonyl (C=O) groups is 1. The maximum absolute atomic E-state index is 10.6. The summed E-state index contributed by atoms with van der Waals surface area (Å²) in [6.07, 6.45) is 1.77. The highest BCUT2D eigenvalue weighted by molar-refractivity contribution is 5.79. The number of hydrogen-bond acceptors (Lipinski definition) is 2. The maximum Gasteiger partial charge on any atom is 0.312 e. The van der Waals surface area contributed by atoms with Crippen molar-refractivity contribution < 1.29 is 14.6 Å². The first kappa shape index (κ1) is 6.16. The summed E-state index contributed by atoms with van der Waals surface area (Å²) >= 11 is 0. The Kier molecular flexibility index (Phi) is 1.06. The van der Waals surface area contributed by atoms with Crippen molar-refractivity contribution in [2.24, 2.45) is 11.3 Å². The van der Waals surface area contributed by atoms with Crippen LogP contribution in [0, 0.1) is 11.3 Å². The number of aliphatic carboxylic acids is 1. The molecule has 2 unspecified atom stereocenters. The van der Waals surface area contributed by atoms with Crippen molar-refractivity contribution in [3.05, 3.63) is 0 Å². The molecule has 2 atom stereocenters. The fraction of sp³-hybridized carbons (Fsp3) is 0.857. The predicted molar refractivity (Wildman–Crippen MR) is 33.6 cm³/mol. The minimum absolute atomic E-state index is 0.416. The molecule has 2 fully saturated rings. The molecular weight excluding hydrogens is 132 g/mol. The smallest absolute Gasteiger partial charge is 0.312 e. The Labute approximate surface area is 59.0 Å². The van der Waals surface area contributed by atoms with Crippen LogP contribution < -0.4 is 0 Å². The van der Waals surface area contributed by atoms with Gasteiger partial charge in [0.25, 0.3) is 0 Å². The Balaban J connectivity index is 2.12. The molecule has 0 aromatic carbocycles. The molecule has 0 radical (unpaired) electrons. The van der Waals surface area contributed by atoms with Crippen LogP contribution in [0.4, 0.5) is 0 Å². The molecule has 56 valence electrons.